The number of halogens is 1. The Morgan fingerprint density at radius 2 is 2.05 bits per heavy atom. The van der Waals surface area contributed by atoms with Gasteiger partial charge < -0.3 is 5.32 Å². The van der Waals surface area contributed by atoms with Gasteiger partial charge in [0.1, 0.15) is 5.82 Å². The highest BCUT2D eigenvalue weighted by molar-refractivity contribution is 7.89. The fourth-order valence-electron chi connectivity index (χ4n) is 2.33. The number of hydrogen-bond acceptors (Lipinski definition) is 3. The molecule has 2 rings (SSSR count). The summed E-state index contributed by atoms with van der Waals surface area (Å²) < 4.78 is 40.6. The van der Waals surface area contributed by atoms with Crippen LogP contribution >= 0.6 is 0 Å². The average Bonchev–Trinajstić information content (AvgIpc) is 2.97. The van der Waals surface area contributed by atoms with Crippen LogP contribution in [0.2, 0.25) is 0 Å². The van der Waals surface area contributed by atoms with Crippen molar-refractivity contribution in [2.45, 2.75) is 31.7 Å². The normalized spacial score (nSPS) is 20.9. The summed E-state index contributed by atoms with van der Waals surface area (Å²) in [5.74, 6) is -0.185. The highest BCUT2D eigenvalue weighted by Crippen LogP contribution is 2.51. The van der Waals surface area contributed by atoms with E-state index in [0.717, 1.165) is 12.5 Å². The zero-order valence-corrected chi connectivity index (χ0v) is 12.8. The van der Waals surface area contributed by atoms with Crippen LogP contribution in [0.4, 0.5) is 4.39 Å². The molecule has 1 saturated carbocycles. The number of nitrogens with one attached hydrogen (secondary N) is 2. The fourth-order valence-corrected chi connectivity index (χ4v) is 3.66. The Balaban J connectivity index is 2.18. The average molecular weight is 300 g/mol. The molecule has 20 heavy (non-hydrogen) atoms. The smallest absolute Gasteiger partial charge is 0.241 e. The van der Waals surface area contributed by atoms with Crippen LogP contribution in [0.15, 0.2) is 23.1 Å². The van der Waals surface area contributed by atoms with Gasteiger partial charge in [0, 0.05) is 13.1 Å². The highest BCUT2D eigenvalue weighted by Gasteiger charge is 2.45. The monoisotopic (exact) mass is 300 g/mol. The van der Waals surface area contributed by atoms with Gasteiger partial charge in [0.2, 0.25) is 10.0 Å². The summed E-state index contributed by atoms with van der Waals surface area (Å²) >= 11 is 0. The molecule has 1 aromatic rings. The maximum absolute atomic E-state index is 13.3. The van der Waals surface area contributed by atoms with Crippen molar-refractivity contribution >= 4 is 10.0 Å². The Labute approximate surface area is 119 Å². The third-order valence-electron chi connectivity index (χ3n) is 3.92. The van der Waals surface area contributed by atoms with Crippen LogP contribution in [0.1, 0.15) is 25.8 Å². The van der Waals surface area contributed by atoms with Gasteiger partial charge in [-0.05, 0) is 42.5 Å². The van der Waals surface area contributed by atoms with Gasteiger partial charge in [-0.25, -0.2) is 17.5 Å². The van der Waals surface area contributed by atoms with E-state index in [9.17, 15) is 12.8 Å². The molecule has 0 saturated heterocycles. The Kier molecular flexibility index (Phi) is 4.18. The van der Waals surface area contributed by atoms with Crippen LogP contribution in [-0.4, -0.2) is 22.0 Å². The molecular weight excluding hydrogens is 279 g/mol. The number of sulfonamides is 1. The molecule has 0 amide bonds. The molecule has 0 heterocycles. The molecule has 4 nitrogen and oxygen atoms in total. The number of rotatable bonds is 6. The summed E-state index contributed by atoms with van der Waals surface area (Å²) in [5.41, 5.74) is 0.773. The summed E-state index contributed by atoms with van der Waals surface area (Å²) in [7, 11) is -1.95. The van der Waals surface area contributed by atoms with Crippen LogP contribution in [-0.2, 0) is 16.6 Å². The van der Waals surface area contributed by atoms with Crippen LogP contribution in [0.3, 0.4) is 0 Å². The van der Waals surface area contributed by atoms with E-state index < -0.39 is 15.8 Å². The van der Waals surface area contributed by atoms with Crippen molar-refractivity contribution in [3.05, 3.63) is 29.6 Å². The van der Waals surface area contributed by atoms with Crippen molar-refractivity contribution in [3.8, 4) is 0 Å². The zero-order chi connectivity index (χ0) is 15.0. The molecular formula is C14H21FN2O2S. The third kappa shape index (κ3) is 3.37. The molecule has 0 spiro atoms. The predicted molar refractivity (Wildman–Crippen MR) is 76.2 cm³/mol. The second-order valence-electron chi connectivity index (χ2n) is 6.02. The molecule has 0 radical (unpaired) electrons. The van der Waals surface area contributed by atoms with Gasteiger partial charge in [0.05, 0.1) is 4.90 Å². The first-order valence-corrected chi connectivity index (χ1v) is 8.17. The lowest BCUT2D eigenvalue weighted by Crippen LogP contribution is -2.28. The Hall–Kier alpha value is -0.980. The summed E-state index contributed by atoms with van der Waals surface area (Å²) in [4.78, 5) is 0.0188. The Bertz CT molecular complexity index is 599. The van der Waals surface area contributed by atoms with Crippen molar-refractivity contribution in [2.75, 3.05) is 13.6 Å². The van der Waals surface area contributed by atoms with Crippen molar-refractivity contribution in [2.24, 2.45) is 11.3 Å². The fraction of sp³-hybridized carbons (Fsp3) is 0.571. The lowest BCUT2D eigenvalue weighted by molar-refractivity contribution is 0.536. The third-order valence-corrected chi connectivity index (χ3v) is 5.43. The second kappa shape index (κ2) is 5.42. The van der Waals surface area contributed by atoms with E-state index in [2.05, 4.69) is 23.9 Å². The van der Waals surface area contributed by atoms with E-state index >= 15 is 0 Å². The number of benzene rings is 1. The molecule has 1 aromatic carbocycles. The molecule has 1 fully saturated rings. The molecule has 6 heteroatoms. The van der Waals surface area contributed by atoms with Crippen LogP contribution < -0.4 is 10.0 Å². The van der Waals surface area contributed by atoms with E-state index in [1.807, 2.05) is 0 Å². The lowest BCUT2D eigenvalue weighted by Gasteiger charge is -2.12. The van der Waals surface area contributed by atoms with Crippen molar-refractivity contribution < 1.29 is 12.8 Å². The summed E-state index contributed by atoms with van der Waals surface area (Å²) in [5, 5.41) is 2.89. The van der Waals surface area contributed by atoms with Gasteiger partial charge in [0.25, 0.3) is 0 Å². The van der Waals surface area contributed by atoms with Crippen LogP contribution in [0.5, 0.6) is 0 Å². The largest absolute Gasteiger partial charge is 0.316 e. The topological polar surface area (TPSA) is 58.2 Å². The molecule has 1 aliphatic carbocycles. The molecule has 2 N–H and O–H groups in total. The summed E-state index contributed by atoms with van der Waals surface area (Å²) in [6, 6.07) is 3.85. The first-order valence-electron chi connectivity index (χ1n) is 6.69. The predicted octanol–water partition coefficient (Wildman–Crippen LogP) is 1.87. The van der Waals surface area contributed by atoms with Gasteiger partial charge in [-0.2, -0.15) is 0 Å². The van der Waals surface area contributed by atoms with E-state index in [1.165, 1.54) is 12.1 Å². The first kappa shape index (κ1) is 15.4. The molecule has 1 unspecified atom stereocenters. The molecule has 0 aromatic heterocycles. The molecule has 112 valence electrons. The maximum Gasteiger partial charge on any atom is 0.241 e. The van der Waals surface area contributed by atoms with Gasteiger partial charge >= 0.3 is 0 Å². The molecule has 0 aliphatic heterocycles. The molecule has 1 aliphatic rings. The summed E-state index contributed by atoms with van der Waals surface area (Å²) in [6.45, 7) is 5.01. The Morgan fingerprint density at radius 1 is 1.40 bits per heavy atom. The van der Waals surface area contributed by atoms with Gasteiger partial charge in [-0.1, -0.05) is 19.9 Å². The van der Waals surface area contributed by atoms with Gasteiger partial charge in [0.15, 0.2) is 0 Å². The van der Waals surface area contributed by atoms with E-state index in [4.69, 9.17) is 0 Å². The van der Waals surface area contributed by atoms with Crippen molar-refractivity contribution in [3.63, 3.8) is 0 Å². The zero-order valence-electron chi connectivity index (χ0n) is 12.0. The minimum absolute atomic E-state index is 0.0188. The molecule has 0 bridgehead atoms. The highest BCUT2D eigenvalue weighted by atomic mass is 32.2. The minimum Gasteiger partial charge on any atom is -0.316 e. The lowest BCUT2D eigenvalue weighted by atomic mass is 10.1. The first-order chi connectivity index (χ1) is 9.26. The SMILES string of the molecule is CNCc1ccc(F)cc1S(=O)(=O)NCC1CC1(C)C. The quantitative estimate of drug-likeness (QED) is 0.843. The van der Waals surface area contributed by atoms with Crippen LogP contribution in [0, 0.1) is 17.2 Å². The Morgan fingerprint density at radius 3 is 2.60 bits per heavy atom. The van der Waals surface area contributed by atoms with E-state index in [1.54, 1.807) is 7.05 Å². The standard InChI is InChI=1S/C14H21FN2O2S/c1-14(2)7-11(14)9-17-20(18,19)13-6-12(15)5-4-10(13)8-16-3/h4-6,11,16-17H,7-9H2,1-3H3. The van der Waals surface area contributed by atoms with Crippen molar-refractivity contribution in [1.29, 1.82) is 0 Å². The van der Waals surface area contributed by atoms with Gasteiger partial charge in [-0.3, -0.25) is 0 Å². The maximum atomic E-state index is 13.3. The van der Waals surface area contributed by atoms with Crippen molar-refractivity contribution in [1.82, 2.24) is 10.0 Å². The van der Waals surface area contributed by atoms with Crippen LogP contribution in [0.25, 0.3) is 0 Å². The summed E-state index contributed by atoms with van der Waals surface area (Å²) in [6.07, 6.45) is 1.02. The van der Waals surface area contributed by atoms with E-state index in [0.29, 0.717) is 24.6 Å². The van der Waals surface area contributed by atoms with E-state index in [-0.39, 0.29) is 10.3 Å². The minimum atomic E-state index is -3.67. The number of hydrogen-bond donors (Lipinski definition) is 2. The van der Waals surface area contributed by atoms with Gasteiger partial charge in [-0.15, -0.1) is 0 Å². The molecule has 1 atom stereocenters. The second-order valence-corrected chi connectivity index (χ2v) is 7.76.